The van der Waals surface area contributed by atoms with Crippen molar-refractivity contribution < 1.29 is 10.2 Å². The van der Waals surface area contributed by atoms with Crippen molar-refractivity contribution >= 4 is 0 Å². The Bertz CT molecular complexity index is 282. The van der Waals surface area contributed by atoms with Crippen molar-refractivity contribution in [3.05, 3.63) is 35.9 Å². The number of aliphatic hydroxyl groups is 2. The third-order valence-corrected chi connectivity index (χ3v) is 3.23. The van der Waals surface area contributed by atoms with Crippen LogP contribution in [0.2, 0.25) is 0 Å². The molecule has 4 atom stereocenters. The minimum Gasteiger partial charge on any atom is -0.393 e. The van der Waals surface area contributed by atoms with E-state index in [-0.39, 0.29) is 11.8 Å². The highest BCUT2D eigenvalue weighted by atomic mass is 16.3. The molecule has 2 nitrogen and oxygen atoms in total. The van der Waals surface area contributed by atoms with Crippen LogP contribution >= 0.6 is 0 Å². The first-order chi connectivity index (χ1) is 7.04. The number of hydrogen-bond donors (Lipinski definition) is 2. The maximum atomic E-state index is 10.1. The van der Waals surface area contributed by atoms with Gasteiger partial charge in [0.2, 0.25) is 0 Å². The van der Waals surface area contributed by atoms with E-state index in [9.17, 15) is 10.2 Å². The van der Waals surface area contributed by atoms with Gasteiger partial charge in [0.05, 0.1) is 12.2 Å². The van der Waals surface area contributed by atoms with Gasteiger partial charge in [0.25, 0.3) is 0 Å². The second-order valence-corrected chi connectivity index (χ2v) is 4.31. The van der Waals surface area contributed by atoms with E-state index in [0.29, 0.717) is 0 Å². The van der Waals surface area contributed by atoms with E-state index in [2.05, 4.69) is 0 Å². The van der Waals surface area contributed by atoms with Gasteiger partial charge in [-0.3, -0.25) is 0 Å². The molecule has 4 unspecified atom stereocenters. The van der Waals surface area contributed by atoms with Gasteiger partial charge in [0, 0.05) is 0 Å². The number of benzene rings is 1. The predicted molar refractivity (Wildman–Crippen MR) is 61.4 cm³/mol. The summed E-state index contributed by atoms with van der Waals surface area (Å²) in [6.07, 6.45) is -0.894. The Hall–Kier alpha value is -0.860. The minimum atomic E-state index is -0.504. The van der Waals surface area contributed by atoms with E-state index in [1.165, 1.54) is 0 Å². The molecule has 0 amide bonds. The summed E-state index contributed by atoms with van der Waals surface area (Å²) in [4.78, 5) is 0. The number of aliphatic hydroxyl groups excluding tert-OH is 2. The smallest absolute Gasteiger partial charge is 0.0819 e. The second-order valence-electron chi connectivity index (χ2n) is 4.31. The van der Waals surface area contributed by atoms with Crippen molar-refractivity contribution in [3.63, 3.8) is 0 Å². The van der Waals surface area contributed by atoms with Gasteiger partial charge in [-0.1, -0.05) is 44.2 Å². The van der Waals surface area contributed by atoms with Crippen molar-refractivity contribution in [1.82, 2.24) is 0 Å². The van der Waals surface area contributed by atoms with Crippen LogP contribution in [-0.4, -0.2) is 16.3 Å². The van der Waals surface area contributed by atoms with E-state index >= 15 is 0 Å². The molecule has 1 rings (SSSR count). The SMILES string of the molecule is CC(O)C(C)C(C)C(O)c1ccccc1. The van der Waals surface area contributed by atoms with Crippen LogP contribution in [0.3, 0.4) is 0 Å². The van der Waals surface area contributed by atoms with Crippen LogP contribution in [0.4, 0.5) is 0 Å². The molecule has 0 aliphatic carbocycles. The monoisotopic (exact) mass is 208 g/mol. The van der Waals surface area contributed by atoms with Gasteiger partial charge in [-0.15, -0.1) is 0 Å². The quantitative estimate of drug-likeness (QED) is 0.797. The van der Waals surface area contributed by atoms with E-state index < -0.39 is 12.2 Å². The lowest BCUT2D eigenvalue weighted by atomic mass is 9.84. The average molecular weight is 208 g/mol. The molecule has 0 bridgehead atoms. The van der Waals surface area contributed by atoms with Gasteiger partial charge in [-0.2, -0.15) is 0 Å². The standard InChI is InChI=1S/C13H20O2/c1-9(11(3)14)10(2)13(15)12-7-5-4-6-8-12/h4-11,13-15H,1-3H3. The van der Waals surface area contributed by atoms with Crippen LogP contribution in [0.5, 0.6) is 0 Å². The zero-order chi connectivity index (χ0) is 11.4. The maximum Gasteiger partial charge on any atom is 0.0819 e. The van der Waals surface area contributed by atoms with Crippen LogP contribution in [0.15, 0.2) is 30.3 Å². The summed E-state index contributed by atoms with van der Waals surface area (Å²) in [7, 11) is 0. The summed E-state index contributed by atoms with van der Waals surface area (Å²) in [6, 6.07) is 9.58. The Kier molecular flexibility index (Phi) is 4.30. The fourth-order valence-electron chi connectivity index (χ4n) is 1.68. The zero-order valence-corrected chi connectivity index (χ0v) is 9.59. The van der Waals surface area contributed by atoms with Gasteiger partial charge in [0.1, 0.15) is 0 Å². The molecule has 0 spiro atoms. The molecular formula is C13H20O2. The molecule has 1 aromatic carbocycles. The van der Waals surface area contributed by atoms with Crippen LogP contribution in [0.1, 0.15) is 32.4 Å². The molecule has 2 N–H and O–H groups in total. The van der Waals surface area contributed by atoms with E-state index in [1.807, 2.05) is 44.2 Å². The van der Waals surface area contributed by atoms with Crippen LogP contribution < -0.4 is 0 Å². The Morgan fingerprint density at radius 2 is 1.40 bits per heavy atom. The Labute approximate surface area is 91.6 Å². The van der Waals surface area contributed by atoms with Crippen molar-refractivity contribution in [2.24, 2.45) is 11.8 Å². The second kappa shape index (κ2) is 5.29. The lowest BCUT2D eigenvalue weighted by molar-refractivity contribution is 0.0301. The molecule has 84 valence electrons. The van der Waals surface area contributed by atoms with Crippen LogP contribution in [0, 0.1) is 11.8 Å². The zero-order valence-electron chi connectivity index (χ0n) is 9.59. The van der Waals surface area contributed by atoms with Crippen LogP contribution in [-0.2, 0) is 0 Å². The molecular weight excluding hydrogens is 188 g/mol. The highest BCUT2D eigenvalue weighted by Crippen LogP contribution is 2.29. The summed E-state index contributed by atoms with van der Waals surface area (Å²) in [6.45, 7) is 5.69. The molecule has 2 heteroatoms. The fraction of sp³-hybridized carbons (Fsp3) is 0.538. The minimum absolute atomic E-state index is 0.0485. The first kappa shape index (κ1) is 12.2. The average Bonchev–Trinajstić information content (AvgIpc) is 2.27. The maximum absolute atomic E-state index is 10.1. The molecule has 15 heavy (non-hydrogen) atoms. The molecule has 0 aliphatic rings. The van der Waals surface area contributed by atoms with Gasteiger partial charge >= 0.3 is 0 Å². The molecule has 0 saturated carbocycles. The molecule has 1 aromatic rings. The third-order valence-electron chi connectivity index (χ3n) is 3.23. The highest BCUT2D eigenvalue weighted by Gasteiger charge is 2.24. The molecule has 0 heterocycles. The molecule has 0 saturated heterocycles. The lowest BCUT2D eigenvalue weighted by Gasteiger charge is -2.27. The van der Waals surface area contributed by atoms with Crippen molar-refractivity contribution in [2.75, 3.05) is 0 Å². The Balaban J connectivity index is 2.73. The normalized spacial score (nSPS) is 19.3. The fourth-order valence-corrected chi connectivity index (χ4v) is 1.68. The van der Waals surface area contributed by atoms with E-state index in [4.69, 9.17) is 0 Å². The first-order valence-electron chi connectivity index (χ1n) is 5.45. The lowest BCUT2D eigenvalue weighted by Crippen LogP contribution is -2.25. The molecule has 0 radical (unpaired) electrons. The van der Waals surface area contributed by atoms with Gasteiger partial charge in [-0.25, -0.2) is 0 Å². The van der Waals surface area contributed by atoms with Crippen molar-refractivity contribution in [3.8, 4) is 0 Å². The van der Waals surface area contributed by atoms with Gasteiger partial charge in [-0.05, 0) is 24.3 Å². The molecule has 0 aliphatic heterocycles. The summed E-state index contributed by atoms with van der Waals surface area (Å²) in [5.74, 6) is 0.132. The Morgan fingerprint density at radius 1 is 0.867 bits per heavy atom. The van der Waals surface area contributed by atoms with E-state index in [0.717, 1.165) is 5.56 Å². The topological polar surface area (TPSA) is 40.5 Å². The summed E-state index contributed by atoms with van der Waals surface area (Å²) >= 11 is 0. The van der Waals surface area contributed by atoms with Crippen molar-refractivity contribution in [2.45, 2.75) is 33.0 Å². The first-order valence-corrected chi connectivity index (χ1v) is 5.45. The number of hydrogen-bond acceptors (Lipinski definition) is 2. The van der Waals surface area contributed by atoms with Gasteiger partial charge < -0.3 is 10.2 Å². The largest absolute Gasteiger partial charge is 0.393 e. The summed E-state index contributed by atoms with van der Waals surface area (Å²) in [5.41, 5.74) is 0.914. The molecule has 0 fully saturated rings. The summed E-state index contributed by atoms with van der Waals surface area (Å²) in [5, 5.41) is 19.6. The van der Waals surface area contributed by atoms with Crippen LogP contribution in [0.25, 0.3) is 0 Å². The van der Waals surface area contributed by atoms with Crippen molar-refractivity contribution in [1.29, 1.82) is 0 Å². The molecule has 0 aromatic heterocycles. The summed E-state index contributed by atoms with van der Waals surface area (Å²) < 4.78 is 0. The predicted octanol–water partition coefficient (Wildman–Crippen LogP) is 2.37. The van der Waals surface area contributed by atoms with Gasteiger partial charge in [0.15, 0.2) is 0 Å². The highest BCUT2D eigenvalue weighted by molar-refractivity contribution is 5.18. The van der Waals surface area contributed by atoms with E-state index in [1.54, 1.807) is 6.92 Å². The third kappa shape index (κ3) is 3.05. The number of rotatable bonds is 4. The Morgan fingerprint density at radius 3 is 1.87 bits per heavy atom.